The molecule has 1 saturated heterocycles. The third-order valence-electron chi connectivity index (χ3n) is 5.05. The molecule has 2 aromatic rings. The van der Waals surface area contributed by atoms with Gasteiger partial charge in [0.05, 0.1) is 18.1 Å². The van der Waals surface area contributed by atoms with E-state index in [1.54, 1.807) is 31.2 Å². The Morgan fingerprint density at radius 1 is 1.03 bits per heavy atom. The Kier molecular flexibility index (Phi) is 6.12. The summed E-state index contributed by atoms with van der Waals surface area (Å²) >= 11 is 0. The quantitative estimate of drug-likeness (QED) is 0.827. The monoisotopic (exact) mass is 416 g/mol. The maximum absolute atomic E-state index is 13.0. The van der Waals surface area contributed by atoms with Gasteiger partial charge in [-0.05, 0) is 47.7 Å². The van der Waals surface area contributed by atoms with E-state index in [0.717, 1.165) is 5.56 Å². The van der Waals surface area contributed by atoms with Crippen molar-refractivity contribution in [2.24, 2.45) is 0 Å². The number of amides is 1. The Labute approximate surface area is 172 Å². The highest BCUT2D eigenvalue weighted by Gasteiger charge is 2.28. The molecule has 0 aliphatic carbocycles. The first kappa shape index (κ1) is 21.5. The van der Waals surface area contributed by atoms with E-state index in [-0.39, 0.29) is 16.2 Å². The lowest BCUT2D eigenvalue weighted by atomic mass is 9.87. The van der Waals surface area contributed by atoms with Crippen LogP contribution in [0.4, 0.5) is 5.69 Å². The van der Waals surface area contributed by atoms with Crippen molar-refractivity contribution in [3.05, 3.63) is 59.2 Å². The van der Waals surface area contributed by atoms with Crippen LogP contribution in [0.25, 0.3) is 0 Å². The molecule has 1 amide bonds. The summed E-state index contributed by atoms with van der Waals surface area (Å²) in [5, 5.41) is 2.81. The second kappa shape index (κ2) is 8.26. The Bertz CT molecular complexity index is 986. The van der Waals surface area contributed by atoms with Gasteiger partial charge in [-0.25, -0.2) is 8.42 Å². The van der Waals surface area contributed by atoms with E-state index in [4.69, 9.17) is 4.74 Å². The summed E-state index contributed by atoms with van der Waals surface area (Å²) in [6.07, 6.45) is 0. The van der Waals surface area contributed by atoms with E-state index in [9.17, 15) is 13.2 Å². The number of rotatable bonds is 4. The number of sulfonamides is 1. The molecule has 1 N–H and O–H groups in total. The third kappa shape index (κ3) is 4.86. The van der Waals surface area contributed by atoms with Gasteiger partial charge in [-0.3, -0.25) is 4.79 Å². The second-order valence-corrected chi connectivity index (χ2v) is 10.2. The highest BCUT2D eigenvalue weighted by atomic mass is 32.2. The van der Waals surface area contributed by atoms with Crippen molar-refractivity contribution >= 4 is 21.6 Å². The molecule has 0 aromatic heterocycles. The van der Waals surface area contributed by atoms with Crippen molar-refractivity contribution in [1.29, 1.82) is 0 Å². The molecule has 29 heavy (non-hydrogen) atoms. The van der Waals surface area contributed by atoms with Crippen molar-refractivity contribution < 1.29 is 17.9 Å². The first-order valence-corrected chi connectivity index (χ1v) is 11.1. The zero-order chi connectivity index (χ0) is 21.2. The van der Waals surface area contributed by atoms with Crippen LogP contribution in [0.5, 0.6) is 0 Å². The summed E-state index contributed by atoms with van der Waals surface area (Å²) in [6, 6.07) is 12.4. The van der Waals surface area contributed by atoms with Crippen LogP contribution in [-0.4, -0.2) is 44.9 Å². The van der Waals surface area contributed by atoms with Crippen molar-refractivity contribution in [3.63, 3.8) is 0 Å². The molecule has 0 radical (unpaired) electrons. The molecule has 3 rings (SSSR count). The predicted octanol–water partition coefficient (Wildman–Crippen LogP) is 3.57. The zero-order valence-corrected chi connectivity index (χ0v) is 18.2. The van der Waals surface area contributed by atoms with E-state index in [1.165, 1.54) is 10.4 Å². The number of hydrogen-bond acceptors (Lipinski definition) is 4. The lowest BCUT2D eigenvalue weighted by molar-refractivity contribution is 0.0730. The number of nitrogens with zero attached hydrogens (tertiary/aromatic N) is 1. The van der Waals surface area contributed by atoms with Crippen LogP contribution in [-0.2, 0) is 20.2 Å². The van der Waals surface area contributed by atoms with E-state index in [2.05, 4.69) is 26.1 Å². The normalized spacial score (nSPS) is 15.9. The summed E-state index contributed by atoms with van der Waals surface area (Å²) in [5.41, 5.74) is 2.77. The Balaban J connectivity index is 1.81. The molecule has 1 aliphatic rings. The van der Waals surface area contributed by atoms with Gasteiger partial charge >= 0.3 is 0 Å². The third-order valence-corrected chi connectivity index (χ3v) is 7.09. The molecular formula is C22H28N2O4S. The number of ether oxygens (including phenoxy) is 1. The number of carbonyl (C=O) groups excluding carboxylic acids is 1. The average Bonchev–Trinajstić information content (AvgIpc) is 2.69. The number of aryl methyl sites for hydroxylation is 1. The minimum Gasteiger partial charge on any atom is -0.379 e. The summed E-state index contributed by atoms with van der Waals surface area (Å²) in [7, 11) is -3.64. The molecule has 156 valence electrons. The molecule has 0 atom stereocenters. The van der Waals surface area contributed by atoms with Gasteiger partial charge in [-0.2, -0.15) is 4.31 Å². The van der Waals surface area contributed by atoms with Crippen molar-refractivity contribution in [1.82, 2.24) is 4.31 Å². The number of carbonyl (C=O) groups is 1. The van der Waals surface area contributed by atoms with Gasteiger partial charge in [0.1, 0.15) is 0 Å². The van der Waals surface area contributed by atoms with Gasteiger partial charge < -0.3 is 10.1 Å². The van der Waals surface area contributed by atoms with Gasteiger partial charge in [-0.1, -0.05) is 39.0 Å². The van der Waals surface area contributed by atoms with E-state index in [1.807, 2.05) is 12.1 Å². The van der Waals surface area contributed by atoms with Gasteiger partial charge in [0.15, 0.2) is 0 Å². The maximum Gasteiger partial charge on any atom is 0.255 e. The van der Waals surface area contributed by atoms with Crippen LogP contribution < -0.4 is 5.32 Å². The molecule has 1 fully saturated rings. The molecule has 0 unspecified atom stereocenters. The van der Waals surface area contributed by atoms with E-state index >= 15 is 0 Å². The number of benzene rings is 2. The van der Waals surface area contributed by atoms with Gasteiger partial charge in [0.2, 0.25) is 10.0 Å². The van der Waals surface area contributed by atoms with Crippen LogP contribution in [0.1, 0.15) is 42.3 Å². The van der Waals surface area contributed by atoms with Gasteiger partial charge in [0, 0.05) is 24.3 Å². The highest BCUT2D eigenvalue weighted by Crippen LogP contribution is 2.25. The molecule has 7 heteroatoms. The van der Waals surface area contributed by atoms with Crippen LogP contribution in [0, 0.1) is 6.92 Å². The van der Waals surface area contributed by atoms with E-state index < -0.39 is 10.0 Å². The van der Waals surface area contributed by atoms with Gasteiger partial charge in [-0.15, -0.1) is 0 Å². The zero-order valence-electron chi connectivity index (χ0n) is 17.4. The fraction of sp³-hybridized carbons (Fsp3) is 0.409. The largest absolute Gasteiger partial charge is 0.379 e. The first-order valence-electron chi connectivity index (χ1n) is 9.69. The smallest absolute Gasteiger partial charge is 0.255 e. The lowest BCUT2D eigenvalue weighted by Gasteiger charge is -2.26. The molecule has 2 aromatic carbocycles. The van der Waals surface area contributed by atoms with Gasteiger partial charge in [0.25, 0.3) is 5.91 Å². The maximum atomic E-state index is 13.0. The molecule has 0 spiro atoms. The Hall–Kier alpha value is -2.22. The first-order chi connectivity index (χ1) is 13.6. The topological polar surface area (TPSA) is 75.7 Å². The Morgan fingerprint density at radius 2 is 1.66 bits per heavy atom. The average molecular weight is 417 g/mol. The SMILES string of the molecule is Cc1ccc(NC(=O)c2ccc(C(C)(C)C)cc2)cc1S(=O)(=O)N1CCOCC1. The number of hydrogen-bond donors (Lipinski definition) is 1. The summed E-state index contributed by atoms with van der Waals surface area (Å²) in [6.45, 7) is 9.54. The molecule has 6 nitrogen and oxygen atoms in total. The highest BCUT2D eigenvalue weighted by molar-refractivity contribution is 7.89. The molecule has 0 bridgehead atoms. The van der Waals surface area contributed by atoms with Crippen molar-refractivity contribution in [2.75, 3.05) is 31.6 Å². The summed E-state index contributed by atoms with van der Waals surface area (Å²) in [5.74, 6) is -0.274. The van der Waals surface area contributed by atoms with E-state index in [0.29, 0.717) is 43.1 Å². The minimum atomic E-state index is -3.64. The second-order valence-electron chi connectivity index (χ2n) is 8.28. The standard InChI is InChI=1S/C22H28N2O4S/c1-16-5-10-19(15-20(16)29(26,27)24-11-13-28-14-12-24)23-21(25)17-6-8-18(9-7-17)22(2,3)4/h5-10,15H,11-14H2,1-4H3,(H,23,25). The fourth-order valence-corrected chi connectivity index (χ4v) is 4.87. The van der Waals surface area contributed by atoms with Crippen molar-refractivity contribution in [2.45, 2.75) is 38.0 Å². The predicted molar refractivity (Wildman–Crippen MR) is 114 cm³/mol. The van der Waals surface area contributed by atoms with Crippen LogP contribution in [0.15, 0.2) is 47.4 Å². The Morgan fingerprint density at radius 3 is 2.24 bits per heavy atom. The minimum absolute atomic E-state index is 0.00865. The molecule has 0 saturated carbocycles. The number of nitrogens with one attached hydrogen (secondary N) is 1. The summed E-state index contributed by atoms with van der Waals surface area (Å²) < 4.78 is 32.7. The lowest BCUT2D eigenvalue weighted by Crippen LogP contribution is -2.40. The fourth-order valence-electron chi connectivity index (χ4n) is 3.21. The molecule has 1 aliphatic heterocycles. The number of morpholine rings is 1. The summed E-state index contributed by atoms with van der Waals surface area (Å²) in [4.78, 5) is 12.8. The van der Waals surface area contributed by atoms with Crippen LogP contribution in [0.3, 0.4) is 0 Å². The molecule has 1 heterocycles. The van der Waals surface area contributed by atoms with Crippen LogP contribution >= 0.6 is 0 Å². The molecular weight excluding hydrogens is 388 g/mol. The number of anilines is 1. The van der Waals surface area contributed by atoms with Crippen LogP contribution in [0.2, 0.25) is 0 Å². The van der Waals surface area contributed by atoms with Crippen molar-refractivity contribution in [3.8, 4) is 0 Å².